The summed E-state index contributed by atoms with van der Waals surface area (Å²) in [4.78, 5) is 25.4. The molecule has 7 heteroatoms. The van der Waals surface area contributed by atoms with Crippen molar-refractivity contribution < 1.29 is 24.0 Å². The second-order valence-corrected chi connectivity index (χ2v) is 7.66. The molecule has 3 aromatic carbocycles. The summed E-state index contributed by atoms with van der Waals surface area (Å²) in [5, 5.41) is 13.2. The lowest BCUT2D eigenvalue weighted by Gasteiger charge is -2.22. The Balaban J connectivity index is 1.72. The van der Waals surface area contributed by atoms with Crippen molar-refractivity contribution in [2.24, 2.45) is 0 Å². The Hall–Kier alpha value is -4.39. The maximum absolute atomic E-state index is 12.9. The predicted octanol–water partition coefficient (Wildman–Crippen LogP) is 6.24. The number of para-hydroxylation sites is 1. The molecule has 0 aliphatic carbocycles. The zero-order chi connectivity index (χ0) is 24.1. The van der Waals surface area contributed by atoms with E-state index in [-0.39, 0.29) is 13.0 Å². The normalized spacial score (nSPS) is 10.6. The predicted molar refractivity (Wildman–Crippen MR) is 129 cm³/mol. The van der Waals surface area contributed by atoms with E-state index in [1.807, 2.05) is 72.8 Å². The molecule has 0 unspecified atom stereocenters. The highest BCUT2D eigenvalue weighted by Crippen LogP contribution is 2.39. The standard InChI is InChI=1S/C27H24N2O5/c1-3-33-27(32)29(23-10-5-4-6-11-23)25-18(2)28-34-26(25)21-14-12-20(13-15-21)22-9-7-8-19(16-22)17-24(30)31/h4-16H,3,17H2,1-2H3,(H,30,31). The van der Waals surface area contributed by atoms with Gasteiger partial charge in [-0.25, -0.2) is 9.69 Å². The Morgan fingerprint density at radius 2 is 1.65 bits per heavy atom. The highest BCUT2D eigenvalue weighted by atomic mass is 16.6. The van der Waals surface area contributed by atoms with E-state index in [9.17, 15) is 9.59 Å². The molecule has 4 rings (SSSR count). The molecule has 1 amide bonds. The van der Waals surface area contributed by atoms with Gasteiger partial charge in [0.15, 0.2) is 5.76 Å². The fourth-order valence-corrected chi connectivity index (χ4v) is 3.76. The monoisotopic (exact) mass is 456 g/mol. The summed E-state index contributed by atoms with van der Waals surface area (Å²) in [5.74, 6) is -0.425. The fourth-order valence-electron chi connectivity index (χ4n) is 3.76. The van der Waals surface area contributed by atoms with Crippen LogP contribution in [-0.4, -0.2) is 28.9 Å². The van der Waals surface area contributed by atoms with Crippen molar-refractivity contribution in [3.63, 3.8) is 0 Å². The zero-order valence-electron chi connectivity index (χ0n) is 18.9. The molecular formula is C27H24N2O5. The average molecular weight is 456 g/mol. The maximum atomic E-state index is 12.9. The topological polar surface area (TPSA) is 92.9 Å². The Kier molecular flexibility index (Phi) is 6.73. The number of hydrogen-bond acceptors (Lipinski definition) is 5. The molecule has 1 N–H and O–H groups in total. The van der Waals surface area contributed by atoms with Crippen LogP contribution < -0.4 is 4.90 Å². The van der Waals surface area contributed by atoms with Crippen LogP contribution in [0.1, 0.15) is 18.2 Å². The molecule has 0 saturated heterocycles. The Bertz CT molecular complexity index is 1300. The molecule has 1 aromatic heterocycles. The van der Waals surface area contributed by atoms with Gasteiger partial charge in [-0.15, -0.1) is 0 Å². The summed E-state index contributed by atoms with van der Waals surface area (Å²) >= 11 is 0. The first-order valence-electron chi connectivity index (χ1n) is 10.9. The number of benzene rings is 3. The van der Waals surface area contributed by atoms with Crippen LogP contribution in [0.25, 0.3) is 22.5 Å². The largest absolute Gasteiger partial charge is 0.481 e. The third-order valence-corrected chi connectivity index (χ3v) is 5.28. The van der Waals surface area contributed by atoms with Gasteiger partial charge >= 0.3 is 12.1 Å². The number of nitrogens with zero attached hydrogens (tertiary/aromatic N) is 2. The molecule has 0 spiro atoms. The van der Waals surface area contributed by atoms with Crippen molar-refractivity contribution in [3.8, 4) is 22.5 Å². The lowest BCUT2D eigenvalue weighted by atomic mass is 10.00. The second kappa shape index (κ2) is 10.0. The number of aromatic nitrogens is 1. The first kappa shape index (κ1) is 22.8. The van der Waals surface area contributed by atoms with Crippen LogP contribution in [0, 0.1) is 6.92 Å². The molecule has 7 nitrogen and oxygen atoms in total. The van der Waals surface area contributed by atoms with Gasteiger partial charge in [-0.3, -0.25) is 4.79 Å². The number of carbonyl (C=O) groups excluding carboxylic acids is 1. The lowest BCUT2D eigenvalue weighted by molar-refractivity contribution is -0.136. The number of ether oxygens (including phenoxy) is 1. The minimum atomic E-state index is -0.870. The fraction of sp³-hybridized carbons (Fsp3) is 0.148. The number of rotatable bonds is 7. The highest BCUT2D eigenvalue weighted by molar-refractivity contribution is 6.00. The third-order valence-electron chi connectivity index (χ3n) is 5.28. The van der Waals surface area contributed by atoms with Gasteiger partial charge in [0, 0.05) is 5.56 Å². The van der Waals surface area contributed by atoms with E-state index in [0.29, 0.717) is 22.8 Å². The molecule has 0 aliphatic rings. The number of carbonyl (C=O) groups is 2. The number of carboxylic acids is 1. The van der Waals surface area contributed by atoms with Gasteiger partial charge in [-0.05, 0) is 42.7 Å². The molecule has 0 radical (unpaired) electrons. The molecule has 0 aliphatic heterocycles. The number of aliphatic carboxylic acids is 1. The summed E-state index contributed by atoms with van der Waals surface area (Å²) in [7, 11) is 0. The molecule has 0 saturated carbocycles. The number of hydrogen-bond donors (Lipinski definition) is 1. The van der Waals surface area contributed by atoms with Crippen molar-refractivity contribution in [2.45, 2.75) is 20.3 Å². The number of amides is 1. The van der Waals surface area contributed by atoms with E-state index >= 15 is 0 Å². The SMILES string of the molecule is CCOC(=O)N(c1ccccc1)c1c(C)noc1-c1ccc(-c2cccc(CC(=O)O)c2)cc1. The number of aryl methyl sites for hydroxylation is 1. The van der Waals surface area contributed by atoms with Gasteiger partial charge in [0.05, 0.1) is 18.7 Å². The van der Waals surface area contributed by atoms with Crippen molar-refractivity contribution in [2.75, 3.05) is 11.5 Å². The van der Waals surface area contributed by atoms with Gasteiger partial charge in [0.25, 0.3) is 0 Å². The van der Waals surface area contributed by atoms with Crippen LogP contribution in [0.4, 0.5) is 16.2 Å². The van der Waals surface area contributed by atoms with Crippen molar-refractivity contribution in [1.29, 1.82) is 0 Å². The molecule has 4 aromatic rings. The summed E-state index contributed by atoms with van der Waals surface area (Å²) in [6.45, 7) is 3.77. The number of anilines is 2. The lowest BCUT2D eigenvalue weighted by Crippen LogP contribution is -2.27. The quantitative estimate of drug-likeness (QED) is 0.354. The first-order valence-corrected chi connectivity index (χ1v) is 10.9. The molecular weight excluding hydrogens is 432 g/mol. The maximum Gasteiger partial charge on any atom is 0.419 e. The van der Waals surface area contributed by atoms with Gasteiger partial charge in [0.1, 0.15) is 11.4 Å². The Morgan fingerprint density at radius 1 is 0.941 bits per heavy atom. The molecule has 1 heterocycles. The Labute approximate surface area is 197 Å². The van der Waals surface area contributed by atoms with E-state index in [2.05, 4.69) is 5.16 Å². The van der Waals surface area contributed by atoms with Crippen LogP contribution in [-0.2, 0) is 16.0 Å². The summed E-state index contributed by atoms with van der Waals surface area (Å²) < 4.78 is 11.0. The summed E-state index contributed by atoms with van der Waals surface area (Å²) in [6.07, 6.45) is -0.552. The zero-order valence-corrected chi connectivity index (χ0v) is 18.9. The summed E-state index contributed by atoms with van der Waals surface area (Å²) in [5.41, 5.74) is 5.02. The van der Waals surface area contributed by atoms with E-state index < -0.39 is 12.1 Å². The van der Waals surface area contributed by atoms with Gasteiger partial charge < -0.3 is 14.4 Å². The minimum absolute atomic E-state index is 0.0319. The molecule has 34 heavy (non-hydrogen) atoms. The van der Waals surface area contributed by atoms with Crippen LogP contribution in [0.15, 0.2) is 83.4 Å². The minimum Gasteiger partial charge on any atom is -0.481 e. The highest BCUT2D eigenvalue weighted by Gasteiger charge is 2.28. The molecule has 0 atom stereocenters. The average Bonchev–Trinajstić information content (AvgIpc) is 3.21. The van der Waals surface area contributed by atoms with Crippen molar-refractivity contribution in [3.05, 3.63) is 90.1 Å². The van der Waals surface area contributed by atoms with Crippen LogP contribution in [0.5, 0.6) is 0 Å². The molecule has 0 fully saturated rings. The van der Waals surface area contributed by atoms with Crippen LogP contribution in [0.3, 0.4) is 0 Å². The van der Waals surface area contributed by atoms with Crippen molar-refractivity contribution in [1.82, 2.24) is 5.16 Å². The van der Waals surface area contributed by atoms with Gasteiger partial charge in [-0.2, -0.15) is 0 Å². The number of carboxylic acid groups (broad SMARTS) is 1. The van der Waals surface area contributed by atoms with E-state index in [0.717, 1.165) is 22.3 Å². The van der Waals surface area contributed by atoms with Crippen LogP contribution >= 0.6 is 0 Å². The molecule has 172 valence electrons. The van der Waals surface area contributed by atoms with Gasteiger partial charge in [0.2, 0.25) is 0 Å². The van der Waals surface area contributed by atoms with Crippen molar-refractivity contribution >= 4 is 23.4 Å². The Morgan fingerprint density at radius 3 is 2.32 bits per heavy atom. The second-order valence-electron chi connectivity index (χ2n) is 7.66. The van der Waals surface area contributed by atoms with E-state index in [1.54, 1.807) is 19.9 Å². The van der Waals surface area contributed by atoms with Gasteiger partial charge in [-0.1, -0.05) is 71.9 Å². The van der Waals surface area contributed by atoms with E-state index in [1.165, 1.54) is 4.90 Å². The van der Waals surface area contributed by atoms with Crippen LogP contribution in [0.2, 0.25) is 0 Å². The third kappa shape index (κ3) is 4.83. The smallest absolute Gasteiger partial charge is 0.419 e. The molecule has 0 bridgehead atoms. The summed E-state index contributed by atoms with van der Waals surface area (Å²) in [6, 6.07) is 24.3. The first-order chi connectivity index (χ1) is 16.5. The van der Waals surface area contributed by atoms with E-state index in [4.69, 9.17) is 14.4 Å².